The van der Waals surface area contributed by atoms with Gasteiger partial charge in [0.15, 0.2) is 0 Å². The van der Waals surface area contributed by atoms with Gasteiger partial charge in [0.05, 0.1) is 10.5 Å². The molecule has 3 nitrogen and oxygen atoms in total. The van der Waals surface area contributed by atoms with Crippen molar-refractivity contribution in [2.75, 3.05) is 0 Å². The molecule has 0 aromatic carbocycles. The molecule has 0 N–H and O–H groups in total. The fourth-order valence-electron chi connectivity index (χ4n) is 0.962. The van der Waals surface area contributed by atoms with E-state index in [-0.39, 0.29) is 0 Å². The van der Waals surface area contributed by atoms with Crippen LogP contribution in [0.2, 0.25) is 0 Å². The van der Waals surface area contributed by atoms with Crippen molar-refractivity contribution in [2.24, 2.45) is 0 Å². The molecule has 0 saturated carbocycles. The average molecular weight is 228 g/mol. The SMILES string of the molecule is C/C=C\C1=C(/C=C\C)S(=O)OC1=O.CC. The molecule has 0 saturated heterocycles. The second-order valence-electron chi connectivity index (χ2n) is 2.38. The first kappa shape index (κ1) is 13.8. The number of carbonyl (C=O) groups is 1. The summed E-state index contributed by atoms with van der Waals surface area (Å²) >= 11 is -1.63. The summed E-state index contributed by atoms with van der Waals surface area (Å²) in [7, 11) is 0. The van der Waals surface area contributed by atoms with E-state index < -0.39 is 17.0 Å². The third kappa shape index (κ3) is 3.47. The van der Waals surface area contributed by atoms with Crippen molar-refractivity contribution in [1.82, 2.24) is 0 Å². The Morgan fingerprint density at radius 2 is 1.67 bits per heavy atom. The van der Waals surface area contributed by atoms with Crippen LogP contribution in [0.5, 0.6) is 0 Å². The highest BCUT2D eigenvalue weighted by Crippen LogP contribution is 2.23. The molecule has 0 aromatic rings. The van der Waals surface area contributed by atoms with Crippen LogP contribution in [-0.4, -0.2) is 10.2 Å². The maximum absolute atomic E-state index is 11.2. The number of carbonyl (C=O) groups excluding carboxylic acids is 1. The lowest BCUT2D eigenvalue weighted by atomic mass is 10.2. The zero-order valence-corrected chi connectivity index (χ0v) is 10.3. The van der Waals surface area contributed by atoms with Crippen LogP contribution in [0.3, 0.4) is 0 Å². The standard InChI is InChI=1S/C9H10O3S.C2H6/c1-3-5-7-8(6-4-2)13(11)12-9(7)10;1-2/h3-6H,1-2H3;1-2H3/b5-3-,6-4-;. The van der Waals surface area contributed by atoms with E-state index in [0.29, 0.717) is 10.5 Å². The highest BCUT2D eigenvalue weighted by Gasteiger charge is 2.28. The Hall–Kier alpha value is -1.16. The molecule has 15 heavy (non-hydrogen) atoms. The fourth-order valence-corrected chi connectivity index (χ4v) is 1.86. The molecule has 0 fully saturated rings. The van der Waals surface area contributed by atoms with Crippen LogP contribution in [0.4, 0.5) is 0 Å². The minimum Gasteiger partial charge on any atom is -0.356 e. The van der Waals surface area contributed by atoms with E-state index >= 15 is 0 Å². The van der Waals surface area contributed by atoms with Crippen molar-refractivity contribution < 1.29 is 13.2 Å². The van der Waals surface area contributed by atoms with Gasteiger partial charge in [-0.2, -0.15) is 0 Å². The first-order valence-corrected chi connectivity index (χ1v) is 5.92. The predicted molar refractivity (Wildman–Crippen MR) is 62.2 cm³/mol. The monoisotopic (exact) mass is 228 g/mol. The summed E-state index contributed by atoms with van der Waals surface area (Å²) in [6, 6.07) is 0. The van der Waals surface area contributed by atoms with Crippen LogP contribution in [0.1, 0.15) is 27.7 Å². The summed E-state index contributed by atoms with van der Waals surface area (Å²) in [5.41, 5.74) is 0.374. The van der Waals surface area contributed by atoms with E-state index in [2.05, 4.69) is 4.18 Å². The summed E-state index contributed by atoms with van der Waals surface area (Å²) in [6.07, 6.45) is 6.65. The highest BCUT2D eigenvalue weighted by atomic mass is 32.2. The molecule has 1 heterocycles. The van der Waals surface area contributed by atoms with Crippen molar-refractivity contribution in [3.8, 4) is 0 Å². The van der Waals surface area contributed by atoms with Crippen LogP contribution in [0.15, 0.2) is 34.8 Å². The van der Waals surface area contributed by atoms with Gasteiger partial charge in [-0.1, -0.05) is 32.1 Å². The number of allylic oxidation sites excluding steroid dienone is 3. The fraction of sp³-hybridized carbons (Fsp3) is 0.364. The Kier molecular flexibility index (Phi) is 6.62. The smallest absolute Gasteiger partial charge is 0.353 e. The van der Waals surface area contributed by atoms with Gasteiger partial charge in [0.2, 0.25) is 11.1 Å². The minimum atomic E-state index is -1.63. The first-order chi connectivity index (χ1) is 7.20. The maximum atomic E-state index is 11.2. The Morgan fingerprint density at radius 1 is 1.13 bits per heavy atom. The molecule has 1 atom stereocenters. The van der Waals surface area contributed by atoms with Crippen molar-refractivity contribution >= 4 is 17.0 Å². The molecule has 1 unspecified atom stereocenters. The van der Waals surface area contributed by atoms with E-state index in [0.717, 1.165) is 0 Å². The molecule has 0 aliphatic carbocycles. The second-order valence-corrected chi connectivity index (χ2v) is 3.46. The quantitative estimate of drug-likeness (QED) is 0.729. The summed E-state index contributed by atoms with van der Waals surface area (Å²) in [6.45, 7) is 7.58. The molecule has 0 radical (unpaired) electrons. The van der Waals surface area contributed by atoms with Gasteiger partial charge in [-0.15, -0.1) is 0 Å². The Bertz CT molecular complexity index is 306. The lowest BCUT2D eigenvalue weighted by molar-refractivity contribution is -0.128. The zero-order valence-electron chi connectivity index (χ0n) is 9.44. The summed E-state index contributed by atoms with van der Waals surface area (Å²) in [4.78, 5) is 11.5. The molecule has 4 heteroatoms. The van der Waals surface area contributed by atoms with Crippen molar-refractivity contribution in [3.63, 3.8) is 0 Å². The normalized spacial score (nSPS) is 20.8. The molecule has 1 aliphatic rings. The molecule has 0 bridgehead atoms. The van der Waals surface area contributed by atoms with Crippen LogP contribution in [-0.2, 0) is 20.1 Å². The Balaban J connectivity index is 0.000000921. The van der Waals surface area contributed by atoms with Gasteiger partial charge in [0.1, 0.15) is 0 Å². The molecule has 0 aromatic heterocycles. The van der Waals surface area contributed by atoms with E-state index in [1.807, 2.05) is 13.8 Å². The predicted octanol–water partition coefficient (Wildman–Crippen LogP) is 2.64. The van der Waals surface area contributed by atoms with E-state index in [1.54, 1.807) is 38.2 Å². The number of hydrogen-bond acceptors (Lipinski definition) is 3. The molecular formula is C11H16O3S. The van der Waals surface area contributed by atoms with Crippen LogP contribution in [0.25, 0.3) is 0 Å². The first-order valence-electron chi connectivity index (χ1n) is 4.84. The number of hydrogen-bond donors (Lipinski definition) is 0. The van der Waals surface area contributed by atoms with Gasteiger partial charge in [-0.3, -0.25) is 0 Å². The summed E-state index contributed by atoms with van der Waals surface area (Å²) < 4.78 is 15.7. The Labute approximate surface area is 93.2 Å². The van der Waals surface area contributed by atoms with Crippen molar-refractivity contribution in [3.05, 3.63) is 34.8 Å². The van der Waals surface area contributed by atoms with E-state index in [4.69, 9.17) is 0 Å². The van der Waals surface area contributed by atoms with E-state index in [1.165, 1.54) is 0 Å². The third-order valence-corrected chi connectivity index (χ3v) is 2.49. The largest absolute Gasteiger partial charge is 0.356 e. The third-order valence-electron chi connectivity index (χ3n) is 1.47. The van der Waals surface area contributed by atoms with Crippen LogP contribution in [0, 0.1) is 0 Å². The average Bonchev–Trinajstić information content (AvgIpc) is 2.49. The van der Waals surface area contributed by atoms with E-state index in [9.17, 15) is 9.00 Å². The zero-order chi connectivity index (χ0) is 11.8. The van der Waals surface area contributed by atoms with Crippen molar-refractivity contribution in [2.45, 2.75) is 27.7 Å². The van der Waals surface area contributed by atoms with Gasteiger partial charge in [0, 0.05) is 0 Å². The lowest BCUT2D eigenvalue weighted by Crippen LogP contribution is -1.96. The second kappa shape index (κ2) is 7.17. The topological polar surface area (TPSA) is 43.4 Å². The number of rotatable bonds is 2. The highest BCUT2D eigenvalue weighted by molar-refractivity contribution is 7.85. The molecule has 84 valence electrons. The Morgan fingerprint density at radius 3 is 2.13 bits per heavy atom. The molecule has 0 spiro atoms. The molecule has 0 amide bonds. The lowest BCUT2D eigenvalue weighted by Gasteiger charge is -1.87. The van der Waals surface area contributed by atoms with Gasteiger partial charge in [0.25, 0.3) is 0 Å². The minimum absolute atomic E-state index is 0.374. The van der Waals surface area contributed by atoms with Crippen LogP contribution < -0.4 is 0 Å². The summed E-state index contributed by atoms with van der Waals surface area (Å²) in [5, 5.41) is 0. The van der Waals surface area contributed by atoms with Gasteiger partial charge in [-0.05, 0) is 19.9 Å². The van der Waals surface area contributed by atoms with Gasteiger partial charge in [-0.25, -0.2) is 9.00 Å². The summed E-state index contributed by atoms with van der Waals surface area (Å²) in [5.74, 6) is -0.524. The maximum Gasteiger partial charge on any atom is 0.353 e. The molecule has 1 aliphatic heterocycles. The van der Waals surface area contributed by atoms with Gasteiger partial charge >= 0.3 is 5.97 Å². The molecular weight excluding hydrogens is 212 g/mol. The van der Waals surface area contributed by atoms with Crippen LogP contribution >= 0.6 is 0 Å². The van der Waals surface area contributed by atoms with Crippen molar-refractivity contribution in [1.29, 1.82) is 0 Å². The molecule has 1 rings (SSSR count). The van der Waals surface area contributed by atoms with Gasteiger partial charge < -0.3 is 4.18 Å².